The fraction of sp³-hybridized carbons (Fsp3) is 0.0588. The van der Waals surface area contributed by atoms with Gasteiger partial charge in [0.05, 0.1) is 0 Å². The van der Waals surface area contributed by atoms with E-state index in [0.29, 0.717) is 11.3 Å². The topological polar surface area (TPSA) is 88.9 Å². The fourth-order valence-electron chi connectivity index (χ4n) is 2.07. The monoisotopic (exact) mass is 399 g/mol. The van der Waals surface area contributed by atoms with E-state index in [9.17, 15) is 9.59 Å². The van der Waals surface area contributed by atoms with Crippen LogP contribution in [-0.2, 0) is 11.3 Å². The van der Waals surface area contributed by atoms with Crippen LogP contribution in [0, 0.1) is 0 Å². The smallest absolute Gasteiger partial charge is 0.258 e. The van der Waals surface area contributed by atoms with Gasteiger partial charge < -0.3 is 5.32 Å². The quantitative estimate of drug-likeness (QED) is 0.689. The first-order valence-electron chi connectivity index (χ1n) is 7.41. The van der Waals surface area contributed by atoms with E-state index in [0.717, 1.165) is 4.47 Å². The molecule has 0 saturated carbocycles. The molecule has 8 heteroatoms. The molecule has 0 aliphatic heterocycles. The SMILES string of the molecule is O=C(Cn1cnc(NC(=O)c2ccccc2)n1)Nc1ccc(Br)cc1. The molecular formula is C17H14BrN5O2. The first-order valence-corrected chi connectivity index (χ1v) is 8.21. The van der Waals surface area contributed by atoms with Crippen molar-refractivity contribution in [1.82, 2.24) is 14.8 Å². The van der Waals surface area contributed by atoms with E-state index in [1.54, 1.807) is 36.4 Å². The molecule has 1 heterocycles. The van der Waals surface area contributed by atoms with Crippen LogP contribution < -0.4 is 10.6 Å². The zero-order chi connectivity index (χ0) is 17.6. The summed E-state index contributed by atoms with van der Waals surface area (Å²) in [5, 5.41) is 9.42. The third-order valence-corrected chi connectivity index (χ3v) is 3.76. The van der Waals surface area contributed by atoms with Crippen molar-refractivity contribution in [2.75, 3.05) is 10.6 Å². The van der Waals surface area contributed by atoms with Crippen LogP contribution in [-0.4, -0.2) is 26.6 Å². The number of nitrogens with zero attached hydrogens (tertiary/aromatic N) is 3. The van der Waals surface area contributed by atoms with Crippen molar-refractivity contribution >= 4 is 39.4 Å². The normalized spacial score (nSPS) is 10.3. The van der Waals surface area contributed by atoms with Crippen molar-refractivity contribution < 1.29 is 9.59 Å². The second-order valence-electron chi connectivity index (χ2n) is 5.14. The third-order valence-electron chi connectivity index (χ3n) is 3.23. The molecule has 0 saturated heterocycles. The number of amides is 2. The maximum absolute atomic E-state index is 12.0. The summed E-state index contributed by atoms with van der Waals surface area (Å²) in [6.07, 6.45) is 1.39. The largest absolute Gasteiger partial charge is 0.324 e. The molecule has 126 valence electrons. The van der Waals surface area contributed by atoms with Gasteiger partial charge in [-0.25, -0.2) is 9.67 Å². The van der Waals surface area contributed by atoms with Crippen molar-refractivity contribution in [3.05, 3.63) is 71.0 Å². The molecule has 0 aliphatic carbocycles. The second kappa shape index (κ2) is 7.71. The highest BCUT2D eigenvalue weighted by molar-refractivity contribution is 9.10. The van der Waals surface area contributed by atoms with Gasteiger partial charge in [0.25, 0.3) is 5.91 Å². The predicted molar refractivity (Wildman–Crippen MR) is 97.2 cm³/mol. The van der Waals surface area contributed by atoms with Gasteiger partial charge in [-0.15, -0.1) is 5.10 Å². The van der Waals surface area contributed by atoms with Gasteiger partial charge >= 0.3 is 0 Å². The van der Waals surface area contributed by atoms with E-state index in [1.807, 2.05) is 18.2 Å². The molecule has 2 amide bonds. The van der Waals surface area contributed by atoms with Crippen LogP contribution in [0.2, 0.25) is 0 Å². The van der Waals surface area contributed by atoms with E-state index >= 15 is 0 Å². The molecule has 3 aromatic rings. The number of anilines is 2. The van der Waals surface area contributed by atoms with Gasteiger partial charge in [0.1, 0.15) is 12.9 Å². The zero-order valence-electron chi connectivity index (χ0n) is 13.0. The molecule has 25 heavy (non-hydrogen) atoms. The molecule has 7 nitrogen and oxygen atoms in total. The van der Waals surface area contributed by atoms with Crippen LogP contribution in [0.5, 0.6) is 0 Å². The maximum atomic E-state index is 12.0. The Labute approximate surface area is 152 Å². The van der Waals surface area contributed by atoms with Crippen LogP contribution in [0.15, 0.2) is 65.4 Å². The molecule has 0 bridgehead atoms. The summed E-state index contributed by atoms with van der Waals surface area (Å²) >= 11 is 3.34. The number of aromatic nitrogens is 3. The lowest BCUT2D eigenvalue weighted by Crippen LogP contribution is -2.19. The van der Waals surface area contributed by atoms with Gasteiger partial charge in [0.2, 0.25) is 11.9 Å². The summed E-state index contributed by atoms with van der Waals surface area (Å²) in [6.45, 7) is -0.00965. The van der Waals surface area contributed by atoms with E-state index in [4.69, 9.17) is 0 Å². The minimum atomic E-state index is -0.308. The van der Waals surface area contributed by atoms with E-state index in [1.165, 1.54) is 11.0 Å². The van der Waals surface area contributed by atoms with Gasteiger partial charge in [-0.1, -0.05) is 34.1 Å². The van der Waals surface area contributed by atoms with Gasteiger partial charge in [0.15, 0.2) is 0 Å². The molecule has 0 aliphatic rings. The number of hydrogen-bond acceptors (Lipinski definition) is 4. The number of rotatable bonds is 5. The average Bonchev–Trinajstić information content (AvgIpc) is 3.04. The summed E-state index contributed by atoms with van der Waals surface area (Å²) < 4.78 is 2.29. The summed E-state index contributed by atoms with van der Waals surface area (Å²) in [5.41, 5.74) is 1.19. The van der Waals surface area contributed by atoms with E-state index < -0.39 is 0 Å². The highest BCUT2D eigenvalue weighted by Crippen LogP contribution is 2.14. The number of carbonyl (C=O) groups excluding carboxylic acids is 2. The zero-order valence-corrected chi connectivity index (χ0v) is 14.6. The number of nitrogens with one attached hydrogen (secondary N) is 2. The van der Waals surface area contributed by atoms with E-state index in [-0.39, 0.29) is 24.3 Å². The molecule has 0 atom stereocenters. The Morgan fingerprint density at radius 2 is 1.72 bits per heavy atom. The highest BCUT2D eigenvalue weighted by atomic mass is 79.9. The lowest BCUT2D eigenvalue weighted by molar-refractivity contribution is -0.116. The Morgan fingerprint density at radius 3 is 2.44 bits per heavy atom. The Morgan fingerprint density at radius 1 is 1.00 bits per heavy atom. The molecule has 3 rings (SSSR count). The van der Waals surface area contributed by atoms with Crippen LogP contribution in [0.25, 0.3) is 0 Å². The summed E-state index contributed by atoms with van der Waals surface area (Å²) in [4.78, 5) is 28.0. The first-order chi connectivity index (χ1) is 12.1. The first kappa shape index (κ1) is 16.8. The van der Waals surface area contributed by atoms with Crippen LogP contribution >= 0.6 is 15.9 Å². The molecular weight excluding hydrogens is 386 g/mol. The standard InChI is InChI=1S/C17H14BrN5O2/c18-13-6-8-14(9-7-13)20-15(24)10-23-11-19-17(22-23)21-16(25)12-4-2-1-3-5-12/h1-9,11H,10H2,(H,20,24)(H,21,22,25). The summed E-state index contributed by atoms with van der Waals surface area (Å²) in [7, 11) is 0. The minimum Gasteiger partial charge on any atom is -0.324 e. The molecule has 0 fully saturated rings. The molecule has 2 N–H and O–H groups in total. The van der Waals surface area contributed by atoms with Crippen LogP contribution in [0.3, 0.4) is 0 Å². The third kappa shape index (κ3) is 4.74. The van der Waals surface area contributed by atoms with Crippen molar-refractivity contribution in [3.8, 4) is 0 Å². The van der Waals surface area contributed by atoms with Gasteiger partial charge in [-0.2, -0.15) is 0 Å². The predicted octanol–water partition coefficient (Wildman–Crippen LogP) is 2.93. The Balaban J connectivity index is 1.57. The van der Waals surface area contributed by atoms with Crippen molar-refractivity contribution in [3.63, 3.8) is 0 Å². The van der Waals surface area contributed by atoms with Crippen molar-refractivity contribution in [2.24, 2.45) is 0 Å². The van der Waals surface area contributed by atoms with Gasteiger partial charge in [-0.3, -0.25) is 14.9 Å². The molecule has 0 unspecified atom stereocenters. The van der Waals surface area contributed by atoms with E-state index in [2.05, 4.69) is 36.6 Å². The number of benzene rings is 2. The lowest BCUT2D eigenvalue weighted by Gasteiger charge is -2.05. The van der Waals surface area contributed by atoms with Crippen molar-refractivity contribution in [1.29, 1.82) is 0 Å². The Hall–Kier alpha value is -3.00. The number of carbonyl (C=O) groups is 2. The molecule has 0 spiro atoms. The van der Waals surface area contributed by atoms with Gasteiger partial charge in [-0.05, 0) is 36.4 Å². The maximum Gasteiger partial charge on any atom is 0.258 e. The van der Waals surface area contributed by atoms with Crippen molar-refractivity contribution in [2.45, 2.75) is 6.54 Å². The minimum absolute atomic E-state index is 0.00965. The molecule has 2 aromatic carbocycles. The van der Waals surface area contributed by atoms with Crippen LogP contribution in [0.4, 0.5) is 11.6 Å². The number of halogens is 1. The Bertz CT molecular complexity index is 878. The lowest BCUT2D eigenvalue weighted by atomic mass is 10.2. The summed E-state index contributed by atoms with van der Waals surface area (Å²) in [5.74, 6) is -0.406. The average molecular weight is 400 g/mol. The van der Waals surface area contributed by atoms with Gasteiger partial charge in [0, 0.05) is 15.7 Å². The Kier molecular flexibility index (Phi) is 5.20. The number of hydrogen-bond donors (Lipinski definition) is 2. The highest BCUT2D eigenvalue weighted by Gasteiger charge is 2.10. The second-order valence-corrected chi connectivity index (χ2v) is 6.06. The molecule has 1 aromatic heterocycles. The summed E-state index contributed by atoms with van der Waals surface area (Å²) in [6, 6.07) is 16.0. The fourth-order valence-corrected chi connectivity index (χ4v) is 2.34. The van der Waals surface area contributed by atoms with Crippen LogP contribution in [0.1, 0.15) is 10.4 Å². The molecule has 0 radical (unpaired) electrons.